The molecule has 2 rings (SSSR count). The average Bonchev–Trinajstić information content (AvgIpc) is 2.89. The molecular formula is C27H43N7O8. The second kappa shape index (κ2) is 18.0. The van der Waals surface area contributed by atoms with Crippen LogP contribution in [0.25, 0.3) is 0 Å². The van der Waals surface area contributed by atoms with Crippen molar-refractivity contribution in [2.45, 2.75) is 0 Å². The van der Waals surface area contributed by atoms with Gasteiger partial charge in [-0.05, 0) is 38.4 Å². The first kappa shape index (κ1) is 34.6. The van der Waals surface area contributed by atoms with Crippen LogP contribution in [0, 0.1) is 0 Å². The van der Waals surface area contributed by atoms with Gasteiger partial charge in [0.05, 0.1) is 26.2 Å². The highest BCUT2D eigenvalue weighted by molar-refractivity contribution is 5.96. The van der Waals surface area contributed by atoms with Gasteiger partial charge in [-0.25, -0.2) is 0 Å². The number of nitrogens with one attached hydrogen (secondary N) is 2. The normalized spacial score (nSPS) is 16.7. The Morgan fingerprint density at radius 2 is 1.05 bits per heavy atom. The average molecular weight is 594 g/mol. The van der Waals surface area contributed by atoms with Crippen molar-refractivity contribution in [2.24, 2.45) is 0 Å². The summed E-state index contributed by atoms with van der Waals surface area (Å²) in [4.78, 5) is 68.3. The van der Waals surface area contributed by atoms with Gasteiger partial charge in [-0.2, -0.15) is 0 Å². The van der Waals surface area contributed by atoms with Crippen molar-refractivity contribution in [2.75, 3.05) is 111 Å². The fraction of sp³-hybridized carbons (Fsp3) is 0.593. The number of carboxylic acid groups (broad SMARTS) is 3. The number of benzene rings is 1. The van der Waals surface area contributed by atoms with Gasteiger partial charge < -0.3 is 30.9 Å². The van der Waals surface area contributed by atoms with Crippen molar-refractivity contribution in [3.8, 4) is 0 Å². The summed E-state index contributed by atoms with van der Waals surface area (Å²) < 4.78 is 0. The van der Waals surface area contributed by atoms with Crippen molar-refractivity contribution in [1.29, 1.82) is 0 Å². The molecule has 0 unspecified atom stereocenters. The molecule has 0 atom stereocenters. The van der Waals surface area contributed by atoms with Crippen LogP contribution in [0.15, 0.2) is 24.3 Å². The zero-order valence-corrected chi connectivity index (χ0v) is 24.3. The van der Waals surface area contributed by atoms with E-state index in [1.54, 1.807) is 39.0 Å². The van der Waals surface area contributed by atoms with Crippen LogP contribution in [0.5, 0.6) is 0 Å². The SMILES string of the molecule is CN(C)CCNC(=O)c1ccc(NC(=O)CN2CCN(CC(=O)O)CCN(CC(=O)O)CCN(CC(=O)O)CC2)cc1. The van der Waals surface area contributed by atoms with E-state index in [0.717, 1.165) is 0 Å². The number of aliphatic carboxylic acids is 3. The van der Waals surface area contributed by atoms with Gasteiger partial charge in [-0.3, -0.25) is 43.6 Å². The number of amides is 2. The summed E-state index contributed by atoms with van der Waals surface area (Å²) >= 11 is 0. The van der Waals surface area contributed by atoms with E-state index >= 15 is 0 Å². The van der Waals surface area contributed by atoms with Crippen LogP contribution in [-0.2, 0) is 19.2 Å². The van der Waals surface area contributed by atoms with Crippen LogP contribution in [0.2, 0.25) is 0 Å². The molecule has 1 heterocycles. The summed E-state index contributed by atoms with van der Waals surface area (Å²) in [6.07, 6.45) is 0. The molecule has 42 heavy (non-hydrogen) atoms. The van der Waals surface area contributed by atoms with E-state index in [9.17, 15) is 39.3 Å². The first-order valence-corrected chi connectivity index (χ1v) is 13.8. The van der Waals surface area contributed by atoms with Crippen LogP contribution in [0.1, 0.15) is 10.4 Å². The Labute approximate surface area is 245 Å². The Kier molecular flexibility index (Phi) is 14.8. The lowest BCUT2D eigenvalue weighted by Crippen LogP contribution is -2.49. The number of likely N-dealkylation sites (N-methyl/N-ethyl adjacent to an activating group) is 1. The molecule has 1 fully saturated rings. The fourth-order valence-electron chi connectivity index (χ4n) is 4.39. The number of nitrogens with zero attached hydrogens (tertiary/aromatic N) is 5. The number of hydrogen-bond acceptors (Lipinski definition) is 10. The monoisotopic (exact) mass is 593 g/mol. The van der Waals surface area contributed by atoms with Gasteiger partial charge in [0, 0.05) is 76.7 Å². The van der Waals surface area contributed by atoms with Gasteiger partial charge in [0.25, 0.3) is 5.91 Å². The van der Waals surface area contributed by atoms with E-state index < -0.39 is 17.9 Å². The van der Waals surface area contributed by atoms with Crippen molar-refractivity contribution >= 4 is 35.4 Å². The van der Waals surface area contributed by atoms with Crippen molar-refractivity contribution in [3.05, 3.63) is 29.8 Å². The minimum Gasteiger partial charge on any atom is -0.480 e. The standard InChI is InChI=1S/C27H43N7O8/c1-30(2)8-7-28-27(42)21-3-5-22(6-4-21)29-23(35)17-31-9-11-32(18-24(36)37)13-15-34(20-26(40)41)16-14-33(12-10-31)19-25(38)39/h3-6H,7-20H2,1-2H3,(H,28,42)(H,29,35)(H,36,37)(H,38,39)(H,40,41). The lowest BCUT2D eigenvalue weighted by Gasteiger charge is -2.32. The number of hydrogen-bond donors (Lipinski definition) is 5. The predicted octanol–water partition coefficient (Wildman–Crippen LogP) is -1.61. The number of carbonyl (C=O) groups excluding carboxylic acids is 2. The molecule has 0 aromatic heterocycles. The van der Waals surface area contributed by atoms with E-state index in [0.29, 0.717) is 76.7 Å². The maximum atomic E-state index is 12.9. The minimum atomic E-state index is -1.02. The van der Waals surface area contributed by atoms with Gasteiger partial charge in [0.1, 0.15) is 0 Å². The van der Waals surface area contributed by atoms with Crippen LogP contribution < -0.4 is 10.6 Å². The summed E-state index contributed by atoms with van der Waals surface area (Å²) in [6, 6.07) is 6.53. The van der Waals surface area contributed by atoms with E-state index in [1.807, 2.05) is 23.9 Å². The Balaban J connectivity index is 2.06. The van der Waals surface area contributed by atoms with Gasteiger partial charge in [-0.15, -0.1) is 0 Å². The van der Waals surface area contributed by atoms with Crippen molar-refractivity contribution in [1.82, 2.24) is 29.8 Å². The molecule has 1 aliphatic heterocycles. The van der Waals surface area contributed by atoms with Crippen molar-refractivity contribution in [3.63, 3.8) is 0 Å². The quantitative estimate of drug-likeness (QED) is 0.176. The molecule has 1 aromatic carbocycles. The molecule has 2 amide bonds. The van der Waals surface area contributed by atoms with E-state index in [-0.39, 0.29) is 38.0 Å². The van der Waals surface area contributed by atoms with Crippen LogP contribution in [0.3, 0.4) is 0 Å². The lowest BCUT2D eigenvalue weighted by atomic mass is 10.2. The van der Waals surface area contributed by atoms with Crippen LogP contribution >= 0.6 is 0 Å². The topological polar surface area (TPSA) is 186 Å². The number of anilines is 1. The third-order valence-corrected chi connectivity index (χ3v) is 6.65. The lowest BCUT2D eigenvalue weighted by molar-refractivity contribution is -0.140. The third kappa shape index (κ3) is 14.3. The highest BCUT2D eigenvalue weighted by Crippen LogP contribution is 2.10. The molecule has 1 aromatic rings. The second-order valence-electron chi connectivity index (χ2n) is 10.5. The maximum absolute atomic E-state index is 12.9. The summed E-state index contributed by atoms with van der Waals surface area (Å²) in [5.41, 5.74) is 0.978. The van der Waals surface area contributed by atoms with E-state index in [2.05, 4.69) is 10.6 Å². The van der Waals surface area contributed by atoms with Crippen LogP contribution in [0.4, 0.5) is 5.69 Å². The van der Waals surface area contributed by atoms with Crippen molar-refractivity contribution < 1.29 is 39.3 Å². The van der Waals surface area contributed by atoms with Gasteiger partial charge in [0.2, 0.25) is 5.91 Å². The van der Waals surface area contributed by atoms with E-state index in [4.69, 9.17) is 0 Å². The predicted molar refractivity (Wildman–Crippen MR) is 155 cm³/mol. The number of rotatable bonds is 13. The zero-order valence-electron chi connectivity index (χ0n) is 24.3. The van der Waals surface area contributed by atoms with Crippen LogP contribution in [-0.4, -0.2) is 175 Å². The first-order valence-electron chi connectivity index (χ1n) is 13.8. The smallest absolute Gasteiger partial charge is 0.317 e. The molecule has 0 saturated carbocycles. The van der Waals surface area contributed by atoms with Gasteiger partial charge in [0.15, 0.2) is 0 Å². The molecule has 0 bridgehead atoms. The first-order chi connectivity index (χ1) is 19.9. The van der Waals surface area contributed by atoms with E-state index in [1.165, 1.54) is 0 Å². The van der Waals surface area contributed by atoms with Gasteiger partial charge >= 0.3 is 17.9 Å². The molecule has 15 nitrogen and oxygen atoms in total. The summed E-state index contributed by atoms with van der Waals surface area (Å²) in [5.74, 6) is -3.58. The Morgan fingerprint density at radius 1 is 0.667 bits per heavy atom. The Hall–Kier alpha value is -3.63. The second-order valence-corrected chi connectivity index (χ2v) is 10.5. The largest absolute Gasteiger partial charge is 0.480 e. The molecule has 0 spiro atoms. The Morgan fingerprint density at radius 3 is 1.40 bits per heavy atom. The highest BCUT2D eigenvalue weighted by atomic mass is 16.4. The zero-order chi connectivity index (χ0) is 31.1. The molecule has 1 aliphatic rings. The number of carboxylic acids is 3. The molecule has 0 radical (unpaired) electrons. The van der Waals surface area contributed by atoms with Gasteiger partial charge in [-0.1, -0.05) is 0 Å². The fourth-order valence-corrected chi connectivity index (χ4v) is 4.39. The minimum absolute atomic E-state index is 0.0142. The molecular weight excluding hydrogens is 550 g/mol. The summed E-state index contributed by atoms with van der Waals surface area (Å²) in [7, 11) is 3.83. The molecule has 1 saturated heterocycles. The number of carbonyl (C=O) groups is 5. The third-order valence-electron chi connectivity index (χ3n) is 6.65. The highest BCUT2D eigenvalue weighted by Gasteiger charge is 2.21. The molecule has 15 heteroatoms. The maximum Gasteiger partial charge on any atom is 0.317 e. The molecule has 234 valence electrons. The molecule has 0 aliphatic carbocycles. The molecule has 5 N–H and O–H groups in total. The summed E-state index contributed by atoms with van der Waals surface area (Å²) in [5, 5.41) is 33.6. The Bertz CT molecular complexity index is 1020. The summed E-state index contributed by atoms with van der Waals surface area (Å²) in [6.45, 7) is 3.00.